The fourth-order valence-corrected chi connectivity index (χ4v) is 4.68. The molecule has 0 radical (unpaired) electrons. The minimum Gasteiger partial charge on any atom is -0.480 e. The van der Waals surface area contributed by atoms with E-state index in [1.165, 1.54) is 28.5 Å². The smallest absolute Gasteiger partial charge is 0.325 e. The van der Waals surface area contributed by atoms with Gasteiger partial charge in [-0.2, -0.15) is 0 Å². The number of carboxylic acid groups (broad SMARTS) is 1. The highest BCUT2D eigenvalue weighted by atomic mass is 19.1. The number of halogens is 1. The lowest BCUT2D eigenvalue weighted by molar-refractivity contribution is -0.144. The molecule has 5 nitrogen and oxygen atoms in total. The zero-order valence-corrected chi connectivity index (χ0v) is 17.1. The number of rotatable bonds is 5. The molecule has 0 spiro atoms. The number of fused-ring (bicyclic) bond motifs is 2. The molecular formula is C25H24FN3O2. The van der Waals surface area contributed by atoms with E-state index in [9.17, 15) is 14.3 Å². The van der Waals surface area contributed by atoms with Gasteiger partial charge in [0.15, 0.2) is 0 Å². The lowest BCUT2D eigenvalue weighted by Crippen LogP contribution is -2.48. The highest BCUT2D eigenvalue weighted by Gasteiger charge is 2.32. The summed E-state index contributed by atoms with van der Waals surface area (Å²) >= 11 is 0. The van der Waals surface area contributed by atoms with E-state index in [2.05, 4.69) is 52.3 Å². The van der Waals surface area contributed by atoms with Gasteiger partial charge >= 0.3 is 5.97 Å². The Hall–Kier alpha value is -3.22. The van der Waals surface area contributed by atoms with Crippen LogP contribution in [0.1, 0.15) is 17.2 Å². The fraction of sp³-hybridized carbons (Fsp3) is 0.240. The maximum Gasteiger partial charge on any atom is 0.325 e. The van der Waals surface area contributed by atoms with E-state index < -0.39 is 12.0 Å². The van der Waals surface area contributed by atoms with E-state index in [1.807, 2.05) is 4.90 Å². The van der Waals surface area contributed by atoms with Crippen LogP contribution in [0.25, 0.3) is 21.7 Å². The number of H-pyrrole nitrogens is 1. The number of nitrogens with zero attached hydrogens (tertiary/aromatic N) is 2. The highest BCUT2D eigenvalue weighted by molar-refractivity contribution is 5.89. The second-order valence-corrected chi connectivity index (χ2v) is 8.13. The number of piperazine rings is 1. The van der Waals surface area contributed by atoms with E-state index >= 15 is 0 Å². The molecule has 0 aliphatic carbocycles. The van der Waals surface area contributed by atoms with Crippen LogP contribution in [0, 0.1) is 5.82 Å². The number of carboxylic acids is 1. The Kier molecular flexibility index (Phi) is 5.18. The van der Waals surface area contributed by atoms with Gasteiger partial charge < -0.3 is 10.1 Å². The maximum absolute atomic E-state index is 13.5. The van der Waals surface area contributed by atoms with Crippen LogP contribution in [0.4, 0.5) is 4.39 Å². The Morgan fingerprint density at radius 3 is 2.58 bits per heavy atom. The van der Waals surface area contributed by atoms with E-state index in [-0.39, 0.29) is 5.82 Å². The van der Waals surface area contributed by atoms with E-state index in [1.54, 1.807) is 12.3 Å². The zero-order valence-electron chi connectivity index (χ0n) is 17.1. The zero-order chi connectivity index (χ0) is 21.4. The maximum atomic E-state index is 13.5. The van der Waals surface area contributed by atoms with Gasteiger partial charge in [0.2, 0.25) is 0 Å². The highest BCUT2D eigenvalue weighted by Crippen LogP contribution is 2.30. The Morgan fingerprint density at radius 1 is 1.00 bits per heavy atom. The molecule has 0 bridgehead atoms. The van der Waals surface area contributed by atoms with Crippen molar-refractivity contribution in [3.63, 3.8) is 0 Å². The normalized spacial score (nSPS) is 16.7. The topological polar surface area (TPSA) is 59.6 Å². The minimum atomic E-state index is -0.882. The van der Waals surface area contributed by atoms with Gasteiger partial charge in [0.25, 0.3) is 0 Å². The fourth-order valence-electron chi connectivity index (χ4n) is 4.68. The van der Waals surface area contributed by atoms with Crippen molar-refractivity contribution < 1.29 is 14.3 Å². The third-order valence-electron chi connectivity index (χ3n) is 6.25. The first kappa shape index (κ1) is 19.7. The van der Waals surface area contributed by atoms with Gasteiger partial charge in [-0.25, -0.2) is 4.39 Å². The van der Waals surface area contributed by atoms with Crippen LogP contribution in [0.5, 0.6) is 0 Å². The van der Waals surface area contributed by atoms with E-state index in [0.717, 1.165) is 25.0 Å². The molecular weight excluding hydrogens is 393 g/mol. The van der Waals surface area contributed by atoms with Crippen LogP contribution >= 0.6 is 0 Å². The van der Waals surface area contributed by atoms with Crippen molar-refractivity contribution >= 4 is 27.6 Å². The monoisotopic (exact) mass is 417 g/mol. The Bertz CT molecular complexity index is 1240. The summed E-state index contributed by atoms with van der Waals surface area (Å²) < 4.78 is 13.5. The second kappa shape index (κ2) is 8.13. The molecule has 1 fully saturated rings. The van der Waals surface area contributed by atoms with Crippen LogP contribution in [0.15, 0.2) is 66.9 Å². The van der Waals surface area contributed by atoms with Crippen molar-refractivity contribution in [2.24, 2.45) is 0 Å². The van der Waals surface area contributed by atoms with Crippen molar-refractivity contribution in [1.82, 2.24) is 14.8 Å². The Morgan fingerprint density at radius 2 is 1.77 bits per heavy atom. The molecule has 1 atom stereocenters. The Balaban J connectivity index is 1.33. The van der Waals surface area contributed by atoms with Crippen LogP contribution in [-0.4, -0.2) is 52.0 Å². The molecule has 3 aromatic carbocycles. The molecule has 158 valence electrons. The van der Waals surface area contributed by atoms with Crippen molar-refractivity contribution in [2.45, 2.75) is 12.6 Å². The van der Waals surface area contributed by atoms with Gasteiger partial charge in [0.1, 0.15) is 11.9 Å². The van der Waals surface area contributed by atoms with Crippen molar-refractivity contribution in [1.29, 1.82) is 0 Å². The molecule has 1 saturated heterocycles. The summed E-state index contributed by atoms with van der Waals surface area (Å²) in [7, 11) is 0. The van der Waals surface area contributed by atoms with Gasteiger partial charge in [-0.1, -0.05) is 42.5 Å². The number of nitrogens with one attached hydrogen (secondary N) is 1. The molecule has 5 rings (SSSR count). The third-order valence-corrected chi connectivity index (χ3v) is 6.25. The molecule has 2 heterocycles. The molecule has 31 heavy (non-hydrogen) atoms. The second-order valence-electron chi connectivity index (χ2n) is 8.13. The summed E-state index contributed by atoms with van der Waals surface area (Å²) in [6.07, 6.45) is 1.70. The molecule has 1 aliphatic rings. The van der Waals surface area contributed by atoms with Crippen LogP contribution in [0.2, 0.25) is 0 Å². The van der Waals surface area contributed by atoms with Crippen LogP contribution in [0.3, 0.4) is 0 Å². The first-order valence-corrected chi connectivity index (χ1v) is 10.5. The molecule has 2 N–H and O–H groups in total. The minimum absolute atomic E-state index is 0.338. The molecule has 0 amide bonds. The van der Waals surface area contributed by atoms with Gasteiger partial charge in [-0.05, 0) is 34.5 Å². The lowest BCUT2D eigenvalue weighted by atomic mass is 10.0. The van der Waals surface area contributed by atoms with Crippen molar-refractivity contribution in [3.8, 4) is 0 Å². The number of benzene rings is 3. The largest absolute Gasteiger partial charge is 0.480 e. The van der Waals surface area contributed by atoms with Gasteiger partial charge in [-0.15, -0.1) is 0 Å². The first-order chi connectivity index (χ1) is 15.1. The number of aliphatic carboxylic acids is 1. The molecule has 1 aromatic heterocycles. The number of carbonyl (C=O) groups is 1. The Labute approximate surface area is 179 Å². The quantitative estimate of drug-likeness (QED) is 0.505. The van der Waals surface area contributed by atoms with E-state index in [0.29, 0.717) is 24.2 Å². The van der Waals surface area contributed by atoms with Gasteiger partial charge in [-0.3, -0.25) is 14.6 Å². The number of hydrogen-bond acceptors (Lipinski definition) is 3. The summed E-state index contributed by atoms with van der Waals surface area (Å²) in [6.45, 7) is 3.76. The lowest BCUT2D eigenvalue weighted by Gasteiger charge is -2.37. The summed E-state index contributed by atoms with van der Waals surface area (Å²) in [5, 5.41) is 13.2. The van der Waals surface area contributed by atoms with Crippen molar-refractivity contribution in [2.75, 3.05) is 26.2 Å². The predicted octanol–water partition coefficient (Wildman–Crippen LogP) is 4.40. The third kappa shape index (κ3) is 3.80. The van der Waals surface area contributed by atoms with Gasteiger partial charge in [0, 0.05) is 55.4 Å². The predicted molar refractivity (Wildman–Crippen MR) is 119 cm³/mol. The van der Waals surface area contributed by atoms with Crippen LogP contribution in [-0.2, 0) is 11.3 Å². The van der Waals surface area contributed by atoms with Crippen LogP contribution < -0.4 is 0 Å². The molecule has 6 heteroatoms. The standard InChI is InChI=1S/C25H24FN3O2/c26-19-8-9-21-22(15-27-23(21)14-19)24(25(30)31)29-12-10-28(11-13-29)16-18-6-3-5-17-4-1-2-7-20(17)18/h1-9,14-15,24,27H,10-13,16H2,(H,30,31)/t24-/m1/s1. The van der Waals surface area contributed by atoms with Crippen molar-refractivity contribution in [3.05, 3.63) is 83.8 Å². The van der Waals surface area contributed by atoms with Gasteiger partial charge in [0.05, 0.1) is 0 Å². The number of aromatic amines is 1. The summed E-state index contributed by atoms with van der Waals surface area (Å²) in [6, 6.07) is 18.5. The number of hydrogen-bond donors (Lipinski definition) is 2. The molecule has 0 unspecified atom stereocenters. The SMILES string of the molecule is O=C(O)[C@@H](c1c[nH]c2cc(F)ccc12)N1CCN(Cc2cccc3ccccc23)CC1. The average molecular weight is 417 g/mol. The van der Waals surface area contributed by atoms with E-state index in [4.69, 9.17) is 0 Å². The average Bonchev–Trinajstić information content (AvgIpc) is 3.18. The molecule has 1 aliphatic heterocycles. The summed E-state index contributed by atoms with van der Waals surface area (Å²) in [5.41, 5.74) is 2.60. The first-order valence-electron chi connectivity index (χ1n) is 10.5. The molecule has 4 aromatic rings. The number of aromatic nitrogens is 1. The summed E-state index contributed by atoms with van der Waals surface area (Å²) in [4.78, 5) is 19.6. The summed E-state index contributed by atoms with van der Waals surface area (Å²) in [5.74, 6) is -1.22. The molecule has 0 saturated carbocycles.